The molecule has 1 heterocycles. The average molecular weight is 316 g/mol. The number of hydrogen-bond acceptors (Lipinski definition) is 2. The fourth-order valence-electron chi connectivity index (χ4n) is 2.74. The summed E-state index contributed by atoms with van der Waals surface area (Å²) in [6.45, 7) is 10.5. The summed E-state index contributed by atoms with van der Waals surface area (Å²) in [5.74, 6) is -1.30. The fourth-order valence-corrected chi connectivity index (χ4v) is 2.74. The Labute approximate surface area is 137 Å². The summed E-state index contributed by atoms with van der Waals surface area (Å²) in [6, 6.07) is 7.70. The molecule has 1 aliphatic rings. The van der Waals surface area contributed by atoms with Gasteiger partial charge in [0.2, 0.25) is 0 Å². The first-order valence-corrected chi connectivity index (χ1v) is 7.77. The van der Waals surface area contributed by atoms with Gasteiger partial charge in [0.1, 0.15) is 0 Å². The summed E-state index contributed by atoms with van der Waals surface area (Å²) >= 11 is 0. The molecule has 1 aromatic rings. The van der Waals surface area contributed by atoms with E-state index in [0.717, 1.165) is 16.7 Å². The lowest BCUT2D eigenvalue weighted by Crippen LogP contribution is -2.47. The molecule has 23 heavy (non-hydrogen) atoms. The number of amides is 2. The zero-order valence-corrected chi connectivity index (χ0v) is 13.9. The summed E-state index contributed by atoms with van der Waals surface area (Å²) < 4.78 is 0. The van der Waals surface area contributed by atoms with E-state index in [0.29, 0.717) is 13.0 Å². The summed E-state index contributed by atoms with van der Waals surface area (Å²) in [5.41, 5.74) is 2.44. The molecule has 0 aliphatic carbocycles. The molecule has 1 aliphatic heterocycles. The number of nitrogens with zero attached hydrogens (tertiary/aromatic N) is 1. The summed E-state index contributed by atoms with van der Waals surface area (Å²) in [7, 11) is 0. The predicted octanol–water partition coefficient (Wildman–Crippen LogP) is 3.07. The van der Waals surface area contributed by atoms with E-state index in [4.69, 9.17) is 5.11 Å². The number of allylic oxidation sites excluding steroid dienone is 1. The largest absolute Gasteiger partial charge is 0.481 e. The molecule has 1 aromatic carbocycles. The lowest BCUT2D eigenvalue weighted by molar-refractivity contribution is -0.141. The van der Waals surface area contributed by atoms with Crippen LogP contribution in [0.3, 0.4) is 0 Å². The van der Waals surface area contributed by atoms with Crippen molar-refractivity contribution in [2.75, 3.05) is 13.1 Å². The molecular weight excluding hydrogens is 292 g/mol. The van der Waals surface area contributed by atoms with Crippen molar-refractivity contribution in [2.24, 2.45) is 5.92 Å². The maximum absolute atomic E-state index is 12.4. The highest BCUT2D eigenvalue weighted by molar-refractivity contribution is 5.78. The maximum Gasteiger partial charge on any atom is 0.318 e. The van der Waals surface area contributed by atoms with Gasteiger partial charge in [0.05, 0.1) is 11.5 Å². The van der Waals surface area contributed by atoms with Crippen LogP contribution in [0, 0.1) is 5.92 Å². The van der Waals surface area contributed by atoms with Gasteiger partial charge in [-0.2, -0.15) is 0 Å². The van der Waals surface area contributed by atoms with E-state index in [9.17, 15) is 9.59 Å². The first-order valence-electron chi connectivity index (χ1n) is 7.77. The molecule has 2 N–H and O–H groups in total. The minimum atomic E-state index is -0.839. The molecular formula is C18H24N2O3. The SMILES string of the molecule is C=C(C)c1cccc(C(C)(C)NC(=O)N2CCC(C(=O)O)C2)c1. The quantitative estimate of drug-likeness (QED) is 0.897. The molecule has 0 bridgehead atoms. The third-order valence-electron chi connectivity index (χ3n) is 4.32. The number of aliphatic carboxylic acids is 1. The maximum atomic E-state index is 12.4. The van der Waals surface area contributed by atoms with Crippen LogP contribution in [-0.4, -0.2) is 35.1 Å². The van der Waals surface area contributed by atoms with Gasteiger partial charge in [0.25, 0.3) is 0 Å². The van der Waals surface area contributed by atoms with Crippen molar-refractivity contribution in [2.45, 2.75) is 32.7 Å². The van der Waals surface area contributed by atoms with E-state index in [1.807, 2.05) is 45.0 Å². The lowest BCUT2D eigenvalue weighted by Gasteiger charge is -2.30. The molecule has 0 spiro atoms. The molecule has 0 aromatic heterocycles. The van der Waals surface area contributed by atoms with Gasteiger partial charge in [-0.3, -0.25) is 4.79 Å². The zero-order valence-electron chi connectivity index (χ0n) is 13.9. The second-order valence-electron chi connectivity index (χ2n) is 6.69. The van der Waals surface area contributed by atoms with Crippen LogP contribution in [0.2, 0.25) is 0 Å². The fraction of sp³-hybridized carbons (Fsp3) is 0.444. The van der Waals surface area contributed by atoms with Crippen LogP contribution < -0.4 is 5.32 Å². The molecule has 5 heteroatoms. The molecule has 5 nitrogen and oxygen atoms in total. The average Bonchev–Trinajstić information content (AvgIpc) is 2.97. The standard InChI is InChI=1S/C18H24N2O3/c1-12(2)13-6-5-7-15(10-13)18(3,4)19-17(23)20-9-8-14(11-20)16(21)22/h5-7,10,14H,1,8-9,11H2,2-4H3,(H,19,23)(H,21,22). The van der Waals surface area contributed by atoms with E-state index < -0.39 is 17.4 Å². The van der Waals surface area contributed by atoms with E-state index in [1.54, 1.807) is 4.90 Å². The van der Waals surface area contributed by atoms with Gasteiger partial charge in [0, 0.05) is 13.1 Å². The molecule has 1 unspecified atom stereocenters. The van der Waals surface area contributed by atoms with E-state index in [1.165, 1.54) is 0 Å². The molecule has 0 radical (unpaired) electrons. The Bertz CT molecular complexity index is 637. The van der Waals surface area contributed by atoms with E-state index >= 15 is 0 Å². The van der Waals surface area contributed by atoms with Crippen molar-refractivity contribution in [3.05, 3.63) is 42.0 Å². The first-order chi connectivity index (χ1) is 10.7. The van der Waals surface area contributed by atoms with Crippen molar-refractivity contribution in [3.8, 4) is 0 Å². The minimum Gasteiger partial charge on any atom is -0.481 e. The van der Waals surface area contributed by atoms with E-state index in [-0.39, 0.29) is 12.6 Å². The highest BCUT2D eigenvalue weighted by Gasteiger charge is 2.33. The van der Waals surface area contributed by atoms with Gasteiger partial charge in [-0.1, -0.05) is 30.4 Å². The number of carboxylic acids is 1. The third kappa shape index (κ3) is 3.92. The number of nitrogens with one attached hydrogen (secondary N) is 1. The number of likely N-dealkylation sites (tertiary alicyclic amines) is 1. The van der Waals surface area contributed by atoms with Crippen LogP contribution in [0.4, 0.5) is 4.79 Å². The van der Waals surface area contributed by atoms with Crippen LogP contribution in [0.5, 0.6) is 0 Å². The topological polar surface area (TPSA) is 69.6 Å². The zero-order chi connectivity index (χ0) is 17.2. The van der Waals surface area contributed by atoms with Crippen molar-refractivity contribution in [1.29, 1.82) is 0 Å². The predicted molar refractivity (Wildman–Crippen MR) is 90.0 cm³/mol. The highest BCUT2D eigenvalue weighted by Crippen LogP contribution is 2.25. The molecule has 1 fully saturated rings. The Morgan fingerprint density at radius 1 is 1.39 bits per heavy atom. The molecule has 2 rings (SSSR count). The Hall–Kier alpha value is -2.30. The van der Waals surface area contributed by atoms with Gasteiger partial charge in [-0.25, -0.2) is 4.79 Å². The molecule has 1 saturated heterocycles. The summed E-state index contributed by atoms with van der Waals surface area (Å²) in [5, 5.41) is 12.0. The molecule has 1 atom stereocenters. The lowest BCUT2D eigenvalue weighted by atomic mass is 9.92. The molecule has 2 amide bonds. The van der Waals surface area contributed by atoms with Gasteiger partial charge < -0.3 is 15.3 Å². The van der Waals surface area contributed by atoms with Crippen molar-refractivity contribution < 1.29 is 14.7 Å². The van der Waals surface area contributed by atoms with Crippen LogP contribution in [0.15, 0.2) is 30.8 Å². The van der Waals surface area contributed by atoms with Gasteiger partial charge in [-0.15, -0.1) is 0 Å². The number of urea groups is 1. The number of rotatable bonds is 4. The molecule has 0 saturated carbocycles. The van der Waals surface area contributed by atoms with Crippen LogP contribution in [0.25, 0.3) is 5.57 Å². The van der Waals surface area contributed by atoms with Gasteiger partial charge >= 0.3 is 12.0 Å². The first kappa shape index (κ1) is 17.1. The summed E-state index contributed by atoms with van der Waals surface area (Å²) in [4.78, 5) is 25.0. The number of carboxylic acid groups (broad SMARTS) is 1. The number of carbonyl (C=O) groups is 2. The monoisotopic (exact) mass is 316 g/mol. The van der Waals surface area contributed by atoms with Crippen LogP contribution in [0.1, 0.15) is 38.3 Å². The molecule has 124 valence electrons. The smallest absolute Gasteiger partial charge is 0.318 e. The Balaban J connectivity index is 2.09. The third-order valence-corrected chi connectivity index (χ3v) is 4.32. The van der Waals surface area contributed by atoms with Crippen molar-refractivity contribution in [1.82, 2.24) is 10.2 Å². The number of carbonyl (C=O) groups excluding carboxylic acids is 1. The van der Waals surface area contributed by atoms with E-state index in [2.05, 4.69) is 11.9 Å². The van der Waals surface area contributed by atoms with Crippen LogP contribution >= 0.6 is 0 Å². The second-order valence-corrected chi connectivity index (χ2v) is 6.69. The summed E-state index contributed by atoms with van der Waals surface area (Å²) in [6.07, 6.45) is 0.508. The Morgan fingerprint density at radius 3 is 2.65 bits per heavy atom. The normalized spacial score (nSPS) is 17.9. The van der Waals surface area contributed by atoms with Crippen LogP contribution in [-0.2, 0) is 10.3 Å². The van der Waals surface area contributed by atoms with Gasteiger partial charge in [-0.05, 0) is 44.4 Å². The Kier molecular flexibility index (Phi) is 4.78. The van der Waals surface area contributed by atoms with Crippen molar-refractivity contribution in [3.63, 3.8) is 0 Å². The van der Waals surface area contributed by atoms with Crippen molar-refractivity contribution >= 4 is 17.6 Å². The number of benzene rings is 1. The second kappa shape index (κ2) is 6.44. The number of hydrogen-bond donors (Lipinski definition) is 2. The highest BCUT2D eigenvalue weighted by atomic mass is 16.4. The Morgan fingerprint density at radius 2 is 2.09 bits per heavy atom. The van der Waals surface area contributed by atoms with Gasteiger partial charge in [0.15, 0.2) is 0 Å². The minimum absolute atomic E-state index is 0.223.